The van der Waals surface area contributed by atoms with E-state index in [0.29, 0.717) is 24.6 Å². The average Bonchev–Trinajstić information content (AvgIpc) is 3.50. The molecule has 246 valence electrons. The van der Waals surface area contributed by atoms with Crippen LogP contribution in [0.4, 0.5) is 28.0 Å². The number of halogens is 5. The van der Waals surface area contributed by atoms with Gasteiger partial charge in [-0.25, -0.2) is 9.18 Å². The van der Waals surface area contributed by atoms with E-state index in [-0.39, 0.29) is 55.2 Å². The van der Waals surface area contributed by atoms with E-state index >= 15 is 0 Å². The summed E-state index contributed by atoms with van der Waals surface area (Å²) < 4.78 is 67.9. The lowest BCUT2D eigenvalue weighted by molar-refractivity contribution is -0.124. The van der Waals surface area contributed by atoms with Gasteiger partial charge < -0.3 is 30.2 Å². The molecule has 3 N–H and O–H groups in total. The minimum absolute atomic E-state index is 0.0879. The largest absolute Gasteiger partial charge is 0.493 e. The highest BCUT2D eigenvalue weighted by Gasteiger charge is 2.29. The molecule has 2 aliphatic heterocycles. The first kappa shape index (κ1) is 33.4. The first-order valence-electron chi connectivity index (χ1n) is 14.8. The van der Waals surface area contributed by atoms with Crippen LogP contribution in [-0.2, 0) is 27.1 Å². The number of fused-ring (bicyclic) bond motifs is 1. The Bertz CT molecular complexity index is 1520. The molecule has 1 saturated heterocycles. The average molecular weight is 665 g/mol. The highest BCUT2D eigenvalue weighted by molar-refractivity contribution is 6.30. The van der Waals surface area contributed by atoms with E-state index in [9.17, 15) is 27.2 Å². The number of rotatable bonds is 11. The van der Waals surface area contributed by atoms with E-state index in [1.54, 1.807) is 17.4 Å². The Morgan fingerprint density at radius 2 is 1.91 bits per heavy atom. The van der Waals surface area contributed by atoms with Gasteiger partial charge in [-0.3, -0.25) is 9.78 Å². The zero-order valence-electron chi connectivity index (χ0n) is 24.7. The number of carbonyl (C=O) groups excluding carboxylic acids is 2. The quantitative estimate of drug-likeness (QED) is 0.231. The van der Waals surface area contributed by atoms with Gasteiger partial charge in [-0.15, -0.1) is 0 Å². The van der Waals surface area contributed by atoms with Crippen molar-refractivity contribution >= 4 is 29.3 Å². The lowest BCUT2D eigenvalue weighted by Crippen LogP contribution is -2.49. The summed E-state index contributed by atoms with van der Waals surface area (Å²) in [5, 5.41) is 8.19. The second kappa shape index (κ2) is 15.1. The predicted molar refractivity (Wildman–Crippen MR) is 162 cm³/mol. The third-order valence-corrected chi connectivity index (χ3v) is 8.04. The van der Waals surface area contributed by atoms with Crippen LogP contribution in [0.25, 0.3) is 0 Å². The molecule has 0 spiro atoms. The van der Waals surface area contributed by atoms with Gasteiger partial charge in [0, 0.05) is 35.9 Å². The van der Waals surface area contributed by atoms with Crippen molar-refractivity contribution in [3.8, 4) is 5.75 Å². The number of ether oxygens (including phenoxy) is 3. The van der Waals surface area contributed by atoms with Crippen LogP contribution in [0.1, 0.15) is 41.0 Å². The number of carbonyl (C=O) groups is 2. The van der Waals surface area contributed by atoms with Gasteiger partial charge in [0.1, 0.15) is 24.7 Å². The molecule has 14 heteroatoms. The van der Waals surface area contributed by atoms with Crippen molar-refractivity contribution in [3.63, 3.8) is 0 Å². The first-order valence-corrected chi connectivity index (χ1v) is 15.2. The second-order valence-electron chi connectivity index (χ2n) is 11.1. The molecule has 1 aromatic heterocycles. The maximum absolute atomic E-state index is 15.0. The van der Waals surface area contributed by atoms with Crippen molar-refractivity contribution in [2.24, 2.45) is 0 Å². The minimum atomic E-state index is -4.53. The van der Waals surface area contributed by atoms with Gasteiger partial charge in [-0.05, 0) is 47.7 Å². The second-order valence-corrected chi connectivity index (χ2v) is 11.6. The van der Waals surface area contributed by atoms with Gasteiger partial charge in [-0.1, -0.05) is 35.9 Å². The molecule has 2 aliphatic rings. The number of anilines is 1. The van der Waals surface area contributed by atoms with E-state index in [1.165, 1.54) is 6.20 Å². The summed E-state index contributed by atoms with van der Waals surface area (Å²) >= 11 is 6.12. The molecule has 46 heavy (non-hydrogen) atoms. The molecule has 9 nitrogen and oxygen atoms in total. The topological polar surface area (TPSA) is 111 Å². The number of aromatic nitrogens is 1. The monoisotopic (exact) mass is 664 g/mol. The molecule has 0 bridgehead atoms. The summed E-state index contributed by atoms with van der Waals surface area (Å²) in [5.41, 5.74) is 3.49. The Kier molecular flexibility index (Phi) is 11.0. The Balaban J connectivity index is 1.17. The summed E-state index contributed by atoms with van der Waals surface area (Å²) in [7, 11) is 0. The van der Waals surface area contributed by atoms with Crippen LogP contribution in [0, 0.1) is 5.82 Å². The van der Waals surface area contributed by atoms with Gasteiger partial charge in [0.25, 0.3) is 0 Å². The summed E-state index contributed by atoms with van der Waals surface area (Å²) in [6.07, 6.45) is -2.00. The van der Waals surface area contributed by atoms with Crippen LogP contribution in [-0.4, -0.2) is 68.2 Å². The van der Waals surface area contributed by atoms with Crippen molar-refractivity contribution in [2.45, 2.75) is 49.9 Å². The minimum Gasteiger partial charge on any atom is -0.493 e. The number of benzene rings is 2. The number of alkyl carbamates (subject to hydrolysis) is 1. The van der Waals surface area contributed by atoms with Crippen LogP contribution < -0.4 is 20.7 Å². The van der Waals surface area contributed by atoms with E-state index < -0.39 is 30.7 Å². The molecule has 3 aromatic rings. The molecule has 0 aliphatic carbocycles. The lowest BCUT2D eigenvalue weighted by atomic mass is 9.87. The molecule has 3 atom stereocenters. The number of hydrogen-bond acceptors (Lipinski definition) is 7. The molecule has 5 rings (SSSR count). The van der Waals surface area contributed by atoms with Crippen LogP contribution in [0.3, 0.4) is 0 Å². The number of hydrogen-bond donors (Lipinski definition) is 3. The molecule has 0 saturated carbocycles. The molecule has 2 aromatic carbocycles. The predicted octanol–water partition coefficient (Wildman–Crippen LogP) is 5.55. The highest BCUT2D eigenvalue weighted by Crippen LogP contribution is 2.34. The van der Waals surface area contributed by atoms with Crippen molar-refractivity contribution in [1.82, 2.24) is 15.6 Å². The van der Waals surface area contributed by atoms with Gasteiger partial charge in [0.05, 0.1) is 43.4 Å². The van der Waals surface area contributed by atoms with Gasteiger partial charge >= 0.3 is 12.3 Å². The number of pyridine rings is 1. The molecule has 3 heterocycles. The maximum atomic E-state index is 15.0. The molecular weight excluding hydrogens is 632 g/mol. The third kappa shape index (κ3) is 9.30. The smallest absolute Gasteiger partial charge is 0.407 e. The van der Waals surface area contributed by atoms with Crippen LogP contribution >= 0.6 is 11.6 Å². The SMILES string of the molecule is O=C(C[C@@H](c1ccc(Cl)cc1)c1ccc2c(c1)CCO2)Nc1cncc(F)c1CC[C@@H]1CN[C@H](COC(=O)NCC(F)(F)F)CO1. The lowest BCUT2D eigenvalue weighted by Gasteiger charge is -2.30. The van der Waals surface area contributed by atoms with Crippen LogP contribution in [0.5, 0.6) is 5.75 Å². The highest BCUT2D eigenvalue weighted by atomic mass is 35.5. The van der Waals surface area contributed by atoms with Crippen LogP contribution in [0.15, 0.2) is 54.9 Å². The summed E-state index contributed by atoms with van der Waals surface area (Å²) in [4.78, 5) is 28.8. The zero-order valence-corrected chi connectivity index (χ0v) is 25.4. The Hall–Kier alpha value is -3.94. The molecule has 0 unspecified atom stereocenters. The number of nitrogens with zero attached hydrogens (tertiary/aromatic N) is 1. The van der Waals surface area contributed by atoms with E-state index in [4.69, 9.17) is 25.8 Å². The van der Waals surface area contributed by atoms with Crippen molar-refractivity contribution < 1.29 is 41.4 Å². The van der Waals surface area contributed by atoms with E-state index in [0.717, 1.165) is 35.1 Å². The van der Waals surface area contributed by atoms with Crippen molar-refractivity contribution in [2.75, 3.05) is 38.2 Å². The van der Waals surface area contributed by atoms with Crippen LogP contribution in [0.2, 0.25) is 5.02 Å². The zero-order chi connectivity index (χ0) is 32.7. The number of nitrogens with one attached hydrogen (secondary N) is 3. The molecule has 0 radical (unpaired) electrons. The third-order valence-electron chi connectivity index (χ3n) is 7.79. The Morgan fingerprint density at radius 1 is 1.13 bits per heavy atom. The summed E-state index contributed by atoms with van der Waals surface area (Å²) in [6, 6.07) is 12.8. The maximum Gasteiger partial charge on any atom is 0.407 e. The van der Waals surface area contributed by atoms with Gasteiger partial charge in [0.2, 0.25) is 5.91 Å². The van der Waals surface area contributed by atoms with E-state index in [1.807, 2.05) is 24.3 Å². The molecular formula is C32H33ClF4N4O5. The fraction of sp³-hybridized carbons (Fsp3) is 0.406. The normalized spacial score (nSPS) is 18.3. The number of morpholine rings is 1. The van der Waals surface area contributed by atoms with E-state index in [2.05, 4.69) is 21.7 Å². The molecule has 2 amide bonds. The van der Waals surface area contributed by atoms with Gasteiger partial charge in [0.15, 0.2) is 0 Å². The van der Waals surface area contributed by atoms with Gasteiger partial charge in [-0.2, -0.15) is 13.2 Å². The summed E-state index contributed by atoms with van der Waals surface area (Å²) in [5.74, 6) is -0.331. The summed E-state index contributed by atoms with van der Waals surface area (Å²) in [6.45, 7) is -0.558. The van der Waals surface area contributed by atoms with Crippen molar-refractivity contribution in [3.05, 3.63) is 88.0 Å². The fourth-order valence-electron chi connectivity index (χ4n) is 5.42. The fourth-order valence-corrected chi connectivity index (χ4v) is 5.55. The standard InChI is InChI=1S/C32H33ClF4N4O5/c33-22-4-1-19(2-5-22)26(20-3-8-29-21(11-20)9-10-44-29)12-30(42)41-28-15-38-14-27(34)25(28)7-6-24-13-39-23(16-45-24)17-46-31(43)40-18-32(35,36)37/h1-5,8,11,14-15,23-24,26,39H,6-7,9-10,12-13,16-18H2,(H,40,43)(H,41,42)/t23-,24+,26-/m0/s1. The Labute approximate surface area is 268 Å². The van der Waals surface area contributed by atoms with Crippen molar-refractivity contribution in [1.29, 1.82) is 0 Å². The number of amides is 2. The number of alkyl halides is 3. The molecule has 1 fully saturated rings. The first-order chi connectivity index (χ1) is 22.0. The Morgan fingerprint density at radius 3 is 2.65 bits per heavy atom.